The standard InChI is InChI=1S/C16H26ClN3/c1-3-20-10-4-5-15(20)12-19(2)16(11-18)13-6-8-14(17)9-7-13/h6-9,15-16H,3-5,10-12,18H2,1-2H3. The predicted molar refractivity (Wildman–Crippen MR) is 86.1 cm³/mol. The predicted octanol–water partition coefficient (Wildman–Crippen LogP) is 2.76. The highest BCUT2D eigenvalue weighted by atomic mass is 35.5. The average Bonchev–Trinajstić information content (AvgIpc) is 2.89. The third-order valence-corrected chi connectivity index (χ3v) is 4.67. The van der Waals surface area contributed by atoms with E-state index in [0.717, 1.165) is 18.1 Å². The molecule has 4 heteroatoms. The van der Waals surface area contributed by atoms with Crippen LogP contribution in [0.15, 0.2) is 24.3 Å². The van der Waals surface area contributed by atoms with Crippen molar-refractivity contribution in [3.63, 3.8) is 0 Å². The molecule has 2 atom stereocenters. The highest BCUT2D eigenvalue weighted by Crippen LogP contribution is 2.24. The van der Waals surface area contributed by atoms with E-state index in [4.69, 9.17) is 17.3 Å². The van der Waals surface area contributed by atoms with Crippen molar-refractivity contribution in [2.75, 3.05) is 33.2 Å². The van der Waals surface area contributed by atoms with Crippen molar-refractivity contribution >= 4 is 11.6 Å². The Balaban J connectivity index is 2.01. The summed E-state index contributed by atoms with van der Waals surface area (Å²) in [6, 6.07) is 9.01. The Kier molecular flexibility index (Phi) is 5.85. The molecule has 0 bridgehead atoms. The van der Waals surface area contributed by atoms with Crippen molar-refractivity contribution in [3.05, 3.63) is 34.9 Å². The second kappa shape index (κ2) is 7.41. The van der Waals surface area contributed by atoms with Gasteiger partial charge in [-0.1, -0.05) is 30.7 Å². The van der Waals surface area contributed by atoms with Gasteiger partial charge in [0.25, 0.3) is 0 Å². The van der Waals surface area contributed by atoms with Gasteiger partial charge in [0.15, 0.2) is 0 Å². The van der Waals surface area contributed by atoms with Gasteiger partial charge in [-0.15, -0.1) is 0 Å². The Morgan fingerprint density at radius 3 is 2.70 bits per heavy atom. The minimum Gasteiger partial charge on any atom is -0.329 e. The number of rotatable bonds is 6. The summed E-state index contributed by atoms with van der Waals surface area (Å²) in [7, 11) is 2.18. The van der Waals surface area contributed by atoms with Gasteiger partial charge in [-0.2, -0.15) is 0 Å². The molecule has 1 aromatic rings. The lowest BCUT2D eigenvalue weighted by Gasteiger charge is -2.33. The smallest absolute Gasteiger partial charge is 0.0468 e. The van der Waals surface area contributed by atoms with Crippen molar-refractivity contribution in [2.24, 2.45) is 5.73 Å². The van der Waals surface area contributed by atoms with Crippen LogP contribution in [-0.4, -0.2) is 49.1 Å². The first-order chi connectivity index (χ1) is 9.65. The van der Waals surface area contributed by atoms with Crippen LogP contribution < -0.4 is 5.73 Å². The van der Waals surface area contributed by atoms with Gasteiger partial charge in [-0.25, -0.2) is 0 Å². The summed E-state index contributed by atoms with van der Waals surface area (Å²) < 4.78 is 0. The molecule has 0 saturated carbocycles. The van der Waals surface area contributed by atoms with E-state index in [-0.39, 0.29) is 6.04 Å². The van der Waals surface area contributed by atoms with Crippen LogP contribution in [0.5, 0.6) is 0 Å². The fourth-order valence-corrected chi connectivity index (χ4v) is 3.36. The van der Waals surface area contributed by atoms with Crippen LogP contribution in [0, 0.1) is 0 Å². The summed E-state index contributed by atoms with van der Waals surface area (Å²) in [5.41, 5.74) is 7.25. The Labute approximate surface area is 127 Å². The summed E-state index contributed by atoms with van der Waals surface area (Å²) in [5, 5.41) is 0.778. The van der Waals surface area contributed by atoms with E-state index >= 15 is 0 Å². The molecular weight excluding hydrogens is 270 g/mol. The number of nitrogens with two attached hydrogens (primary N) is 1. The van der Waals surface area contributed by atoms with Crippen LogP contribution in [0.3, 0.4) is 0 Å². The topological polar surface area (TPSA) is 32.5 Å². The Bertz CT molecular complexity index is 407. The first kappa shape index (κ1) is 15.8. The fourth-order valence-electron chi connectivity index (χ4n) is 3.23. The number of nitrogens with zero attached hydrogens (tertiary/aromatic N) is 2. The van der Waals surface area contributed by atoms with Gasteiger partial charge in [-0.3, -0.25) is 9.80 Å². The van der Waals surface area contributed by atoms with Crippen molar-refractivity contribution in [2.45, 2.75) is 31.8 Å². The molecule has 2 unspecified atom stereocenters. The van der Waals surface area contributed by atoms with Crippen LogP contribution >= 0.6 is 11.6 Å². The molecule has 20 heavy (non-hydrogen) atoms. The van der Waals surface area contributed by atoms with Gasteiger partial charge in [0, 0.05) is 30.2 Å². The van der Waals surface area contributed by atoms with E-state index in [2.05, 4.69) is 35.9 Å². The first-order valence-corrected chi connectivity index (χ1v) is 7.93. The molecular formula is C16H26ClN3. The van der Waals surface area contributed by atoms with Gasteiger partial charge >= 0.3 is 0 Å². The molecule has 1 saturated heterocycles. The molecule has 112 valence electrons. The molecule has 0 aliphatic carbocycles. The second-order valence-corrected chi connectivity index (χ2v) is 6.10. The lowest BCUT2D eigenvalue weighted by molar-refractivity contribution is 0.166. The minimum absolute atomic E-state index is 0.270. The van der Waals surface area contributed by atoms with Crippen molar-refractivity contribution in [3.8, 4) is 0 Å². The molecule has 1 fully saturated rings. The van der Waals surface area contributed by atoms with Gasteiger partial charge in [0.1, 0.15) is 0 Å². The zero-order chi connectivity index (χ0) is 14.5. The molecule has 1 aliphatic rings. The maximum absolute atomic E-state index is 6.00. The molecule has 0 aromatic heterocycles. The number of benzene rings is 1. The van der Waals surface area contributed by atoms with Crippen molar-refractivity contribution in [1.82, 2.24) is 9.80 Å². The zero-order valence-electron chi connectivity index (χ0n) is 12.6. The number of hydrogen-bond acceptors (Lipinski definition) is 3. The third-order valence-electron chi connectivity index (χ3n) is 4.41. The normalized spacial score (nSPS) is 21.6. The summed E-state index contributed by atoms with van der Waals surface area (Å²) in [5.74, 6) is 0. The van der Waals surface area contributed by atoms with E-state index in [1.165, 1.54) is 24.9 Å². The highest BCUT2D eigenvalue weighted by molar-refractivity contribution is 6.30. The van der Waals surface area contributed by atoms with Crippen molar-refractivity contribution < 1.29 is 0 Å². The number of likely N-dealkylation sites (tertiary alicyclic amines) is 1. The first-order valence-electron chi connectivity index (χ1n) is 7.55. The summed E-state index contributed by atoms with van der Waals surface area (Å²) in [6.45, 7) is 6.35. The molecule has 1 aromatic carbocycles. The quantitative estimate of drug-likeness (QED) is 0.876. The third kappa shape index (κ3) is 3.73. The lowest BCUT2D eigenvalue weighted by Crippen LogP contribution is -2.41. The summed E-state index contributed by atoms with van der Waals surface area (Å²) in [6.07, 6.45) is 2.62. The number of hydrogen-bond donors (Lipinski definition) is 1. The Morgan fingerprint density at radius 1 is 1.40 bits per heavy atom. The van der Waals surface area contributed by atoms with Gasteiger partial charge < -0.3 is 5.73 Å². The van der Waals surface area contributed by atoms with E-state index in [9.17, 15) is 0 Å². The molecule has 0 amide bonds. The molecule has 0 spiro atoms. The summed E-state index contributed by atoms with van der Waals surface area (Å²) in [4.78, 5) is 4.97. The minimum atomic E-state index is 0.270. The number of halogens is 1. The second-order valence-electron chi connectivity index (χ2n) is 5.67. The molecule has 1 heterocycles. The van der Waals surface area contributed by atoms with Crippen LogP contribution in [0.2, 0.25) is 5.02 Å². The van der Waals surface area contributed by atoms with E-state index < -0.39 is 0 Å². The number of likely N-dealkylation sites (N-methyl/N-ethyl adjacent to an activating group) is 2. The zero-order valence-corrected chi connectivity index (χ0v) is 13.3. The molecule has 1 aliphatic heterocycles. The van der Waals surface area contributed by atoms with Crippen LogP contribution in [0.1, 0.15) is 31.4 Å². The molecule has 2 rings (SSSR count). The van der Waals surface area contributed by atoms with Gasteiger partial charge in [0.05, 0.1) is 0 Å². The van der Waals surface area contributed by atoms with Gasteiger partial charge in [0.2, 0.25) is 0 Å². The lowest BCUT2D eigenvalue weighted by atomic mass is 10.0. The maximum Gasteiger partial charge on any atom is 0.0468 e. The Hall–Kier alpha value is -0.610. The molecule has 3 nitrogen and oxygen atoms in total. The van der Waals surface area contributed by atoms with Crippen molar-refractivity contribution in [1.29, 1.82) is 0 Å². The summed E-state index contributed by atoms with van der Waals surface area (Å²) >= 11 is 5.96. The Morgan fingerprint density at radius 2 is 2.10 bits per heavy atom. The van der Waals surface area contributed by atoms with Crippen LogP contribution in [0.4, 0.5) is 0 Å². The highest BCUT2D eigenvalue weighted by Gasteiger charge is 2.26. The van der Waals surface area contributed by atoms with Crippen LogP contribution in [0.25, 0.3) is 0 Å². The molecule has 0 radical (unpaired) electrons. The SMILES string of the molecule is CCN1CCCC1CN(C)C(CN)c1ccc(Cl)cc1. The molecule has 2 N–H and O–H groups in total. The fraction of sp³-hybridized carbons (Fsp3) is 0.625. The van der Waals surface area contributed by atoms with E-state index in [1.54, 1.807) is 0 Å². The maximum atomic E-state index is 6.00. The van der Waals surface area contributed by atoms with Gasteiger partial charge in [-0.05, 0) is 50.7 Å². The largest absolute Gasteiger partial charge is 0.329 e. The van der Waals surface area contributed by atoms with Crippen LogP contribution in [-0.2, 0) is 0 Å². The average molecular weight is 296 g/mol. The van der Waals surface area contributed by atoms with E-state index in [0.29, 0.717) is 12.6 Å². The van der Waals surface area contributed by atoms with E-state index in [1.807, 2.05) is 12.1 Å². The monoisotopic (exact) mass is 295 g/mol.